The number of carbonyl (C=O) groups excluding carboxylic acids is 1. The molecule has 5 nitrogen and oxygen atoms in total. The lowest BCUT2D eigenvalue weighted by Crippen LogP contribution is -2.46. The molecule has 1 aromatic carbocycles. The summed E-state index contributed by atoms with van der Waals surface area (Å²) < 4.78 is 4.90. The molecule has 0 saturated carbocycles. The van der Waals surface area contributed by atoms with E-state index in [4.69, 9.17) is 4.74 Å². The summed E-state index contributed by atoms with van der Waals surface area (Å²) in [5.41, 5.74) is 1.14. The van der Waals surface area contributed by atoms with Crippen LogP contribution in [0.15, 0.2) is 30.3 Å². The number of rotatable bonds is 10. The molecule has 2 unspecified atom stereocenters. The van der Waals surface area contributed by atoms with Crippen molar-refractivity contribution in [3.05, 3.63) is 35.9 Å². The third-order valence-electron chi connectivity index (χ3n) is 3.36. The Bertz CT molecular complexity index is 493. The van der Waals surface area contributed by atoms with Gasteiger partial charge in [0.1, 0.15) is 6.04 Å². The Hall–Kier alpha value is -1.53. The number of hydrogen-bond donors (Lipinski definition) is 2. The number of nitrogens with one attached hydrogen (secondary N) is 1. The van der Waals surface area contributed by atoms with Crippen LogP contribution in [0.1, 0.15) is 25.8 Å². The van der Waals surface area contributed by atoms with Gasteiger partial charge >= 0.3 is 5.97 Å². The van der Waals surface area contributed by atoms with Gasteiger partial charge in [-0.3, -0.25) is 4.79 Å². The topological polar surface area (TPSA) is 75.6 Å². The third kappa shape index (κ3) is 7.05. The van der Waals surface area contributed by atoms with Crippen molar-refractivity contribution in [1.29, 1.82) is 0 Å². The van der Waals surface area contributed by atoms with E-state index in [2.05, 4.69) is 5.32 Å². The van der Waals surface area contributed by atoms with Crippen molar-refractivity contribution in [2.75, 3.05) is 13.7 Å². The van der Waals surface area contributed by atoms with Crippen LogP contribution in [0.3, 0.4) is 0 Å². The molecule has 1 aromatic rings. The van der Waals surface area contributed by atoms with E-state index in [1.54, 1.807) is 0 Å². The average Bonchev–Trinajstić information content (AvgIpc) is 2.52. The number of thioether (sulfide) groups is 1. The minimum atomic E-state index is -1.04. The quantitative estimate of drug-likeness (QED) is 0.685. The molecule has 128 valence electrons. The molecule has 0 aromatic heterocycles. The van der Waals surface area contributed by atoms with Crippen LogP contribution in [-0.2, 0) is 20.1 Å². The van der Waals surface area contributed by atoms with Gasteiger partial charge in [0.05, 0.1) is 5.25 Å². The fourth-order valence-electron chi connectivity index (χ4n) is 2.08. The highest BCUT2D eigenvalue weighted by Gasteiger charge is 2.27. The van der Waals surface area contributed by atoms with Crippen molar-refractivity contribution < 1.29 is 19.4 Å². The van der Waals surface area contributed by atoms with Crippen molar-refractivity contribution in [2.24, 2.45) is 5.92 Å². The second-order valence-corrected chi connectivity index (χ2v) is 6.77. The monoisotopic (exact) mass is 339 g/mol. The molecule has 2 N–H and O–H groups in total. The van der Waals surface area contributed by atoms with Crippen LogP contribution >= 0.6 is 11.8 Å². The van der Waals surface area contributed by atoms with Gasteiger partial charge in [0, 0.05) is 25.9 Å². The van der Waals surface area contributed by atoms with Gasteiger partial charge in [0.25, 0.3) is 0 Å². The van der Waals surface area contributed by atoms with Crippen LogP contribution in [0.5, 0.6) is 0 Å². The largest absolute Gasteiger partial charge is 0.480 e. The lowest BCUT2D eigenvalue weighted by molar-refractivity contribution is -0.142. The molecule has 0 bridgehead atoms. The number of carboxylic acid groups (broad SMARTS) is 1. The van der Waals surface area contributed by atoms with E-state index < -0.39 is 12.0 Å². The highest BCUT2D eigenvalue weighted by molar-refractivity contribution is 7.99. The number of aliphatic carboxylic acids is 1. The first-order chi connectivity index (χ1) is 11.0. The number of ether oxygens (including phenoxy) is 1. The zero-order valence-corrected chi connectivity index (χ0v) is 14.6. The molecule has 0 spiro atoms. The molecule has 6 heteroatoms. The summed E-state index contributed by atoms with van der Waals surface area (Å²) in [4.78, 5) is 23.7. The summed E-state index contributed by atoms with van der Waals surface area (Å²) in [6, 6.07) is 8.99. The number of carbonyl (C=O) groups is 2. The molecule has 1 rings (SSSR count). The molecule has 23 heavy (non-hydrogen) atoms. The molecule has 0 fully saturated rings. The summed E-state index contributed by atoms with van der Waals surface area (Å²) in [5.74, 6) is -0.441. The van der Waals surface area contributed by atoms with E-state index in [0.717, 1.165) is 5.56 Å². The lowest BCUT2D eigenvalue weighted by Gasteiger charge is -2.22. The first kappa shape index (κ1) is 19.5. The molecule has 0 radical (unpaired) electrons. The van der Waals surface area contributed by atoms with E-state index in [1.807, 2.05) is 44.2 Å². The Morgan fingerprint density at radius 1 is 1.26 bits per heavy atom. The van der Waals surface area contributed by atoms with Crippen LogP contribution in [0.2, 0.25) is 0 Å². The standard InChI is InChI=1S/C17H25NO4S/c1-12(2)15(23-11-13-7-5-4-6-8-13)16(19)18-14(17(20)21)9-10-22-3/h4-8,12,14-15H,9-11H2,1-3H3,(H,18,19)(H,20,21). The Kier molecular flexibility index (Phi) is 8.73. The highest BCUT2D eigenvalue weighted by Crippen LogP contribution is 2.24. The minimum Gasteiger partial charge on any atom is -0.480 e. The molecular weight excluding hydrogens is 314 g/mol. The van der Waals surface area contributed by atoms with Crippen molar-refractivity contribution >= 4 is 23.6 Å². The Morgan fingerprint density at radius 3 is 2.43 bits per heavy atom. The maximum atomic E-state index is 12.4. The van der Waals surface area contributed by atoms with Gasteiger partial charge in [-0.2, -0.15) is 0 Å². The van der Waals surface area contributed by atoms with Gasteiger partial charge in [0.15, 0.2) is 0 Å². The predicted octanol–water partition coefficient (Wildman–Crippen LogP) is 2.55. The van der Waals surface area contributed by atoms with Crippen molar-refractivity contribution in [1.82, 2.24) is 5.32 Å². The van der Waals surface area contributed by atoms with Crippen molar-refractivity contribution in [3.63, 3.8) is 0 Å². The summed E-state index contributed by atoms with van der Waals surface area (Å²) >= 11 is 1.53. The van der Waals surface area contributed by atoms with Gasteiger partial charge in [-0.25, -0.2) is 4.79 Å². The Balaban J connectivity index is 2.64. The molecular formula is C17H25NO4S. The average molecular weight is 339 g/mol. The van der Waals surface area contributed by atoms with E-state index in [-0.39, 0.29) is 23.5 Å². The predicted molar refractivity (Wildman–Crippen MR) is 92.4 cm³/mol. The third-order valence-corrected chi connectivity index (χ3v) is 4.98. The van der Waals surface area contributed by atoms with Crippen LogP contribution in [-0.4, -0.2) is 42.0 Å². The van der Waals surface area contributed by atoms with Gasteiger partial charge in [-0.05, 0) is 11.5 Å². The molecule has 0 aliphatic rings. The SMILES string of the molecule is COCCC(NC(=O)C(SCc1ccccc1)C(C)C)C(=O)O. The van der Waals surface area contributed by atoms with E-state index in [1.165, 1.54) is 18.9 Å². The normalized spacial score (nSPS) is 13.6. The maximum Gasteiger partial charge on any atom is 0.326 e. The van der Waals surface area contributed by atoms with E-state index in [0.29, 0.717) is 12.4 Å². The number of benzene rings is 1. The molecule has 0 heterocycles. The molecule has 0 aliphatic carbocycles. The Morgan fingerprint density at radius 2 is 1.91 bits per heavy atom. The molecule has 0 saturated heterocycles. The minimum absolute atomic E-state index is 0.112. The molecule has 1 amide bonds. The van der Waals surface area contributed by atoms with Crippen LogP contribution in [0.4, 0.5) is 0 Å². The smallest absolute Gasteiger partial charge is 0.326 e. The second-order valence-electron chi connectivity index (χ2n) is 5.64. The number of hydrogen-bond acceptors (Lipinski definition) is 4. The van der Waals surface area contributed by atoms with Crippen molar-refractivity contribution in [2.45, 2.75) is 37.3 Å². The summed E-state index contributed by atoms with van der Waals surface area (Å²) in [7, 11) is 1.51. The first-order valence-corrected chi connectivity index (χ1v) is 8.68. The van der Waals surface area contributed by atoms with Gasteiger partial charge in [0.2, 0.25) is 5.91 Å². The zero-order valence-electron chi connectivity index (χ0n) is 13.8. The summed E-state index contributed by atoms with van der Waals surface area (Å²) in [6.07, 6.45) is 0.256. The van der Waals surface area contributed by atoms with Gasteiger partial charge in [-0.1, -0.05) is 44.2 Å². The Labute approximate surface area is 141 Å². The number of methoxy groups -OCH3 is 1. The van der Waals surface area contributed by atoms with Crippen LogP contribution in [0.25, 0.3) is 0 Å². The summed E-state index contributed by atoms with van der Waals surface area (Å²) in [6.45, 7) is 4.22. The molecule has 0 aliphatic heterocycles. The molecule has 2 atom stereocenters. The fourth-order valence-corrected chi connectivity index (χ4v) is 3.25. The van der Waals surface area contributed by atoms with E-state index >= 15 is 0 Å². The number of amides is 1. The van der Waals surface area contributed by atoms with E-state index in [9.17, 15) is 14.7 Å². The maximum absolute atomic E-state index is 12.4. The fraction of sp³-hybridized carbons (Fsp3) is 0.529. The number of carboxylic acids is 1. The first-order valence-electron chi connectivity index (χ1n) is 7.63. The van der Waals surface area contributed by atoms with Crippen LogP contribution in [0, 0.1) is 5.92 Å². The zero-order chi connectivity index (χ0) is 17.2. The summed E-state index contributed by atoms with van der Waals surface area (Å²) in [5, 5.41) is 11.5. The van der Waals surface area contributed by atoms with Gasteiger partial charge < -0.3 is 15.2 Å². The van der Waals surface area contributed by atoms with Gasteiger partial charge in [-0.15, -0.1) is 11.8 Å². The van der Waals surface area contributed by atoms with Crippen LogP contribution < -0.4 is 5.32 Å². The second kappa shape index (κ2) is 10.3. The van der Waals surface area contributed by atoms with Crippen molar-refractivity contribution in [3.8, 4) is 0 Å². The highest BCUT2D eigenvalue weighted by atomic mass is 32.2. The lowest BCUT2D eigenvalue weighted by atomic mass is 10.1.